The molecule has 3 heteroatoms. The molecule has 0 saturated heterocycles. The average molecular weight is 181 g/mol. The molecule has 0 spiro atoms. The molecule has 0 bridgehead atoms. The number of methoxy groups -OCH3 is 1. The molecule has 0 radical (unpaired) electrons. The van der Waals surface area contributed by atoms with Crippen LogP contribution in [0.25, 0.3) is 0 Å². The van der Waals surface area contributed by atoms with Gasteiger partial charge in [0.1, 0.15) is 0 Å². The van der Waals surface area contributed by atoms with Gasteiger partial charge in [-0.25, -0.2) is 4.98 Å². The van der Waals surface area contributed by atoms with Crippen LogP contribution in [-0.4, -0.2) is 17.2 Å². The van der Waals surface area contributed by atoms with Gasteiger partial charge in [0.05, 0.1) is 13.2 Å². The van der Waals surface area contributed by atoms with E-state index < -0.39 is 6.10 Å². The summed E-state index contributed by atoms with van der Waals surface area (Å²) in [5.41, 5.74) is 0.829. The molecule has 0 unspecified atom stereocenters. The van der Waals surface area contributed by atoms with Crippen LogP contribution in [0.4, 0.5) is 0 Å². The molecule has 1 aromatic rings. The highest BCUT2D eigenvalue weighted by Crippen LogP contribution is 2.21. The maximum atomic E-state index is 9.68. The predicted molar refractivity (Wildman–Crippen MR) is 50.6 cm³/mol. The fraction of sp³-hybridized carbons (Fsp3) is 0.500. The van der Waals surface area contributed by atoms with Crippen molar-refractivity contribution in [3.63, 3.8) is 0 Å². The molecule has 0 aliphatic rings. The lowest BCUT2D eigenvalue weighted by atomic mass is 10.0. The zero-order chi connectivity index (χ0) is 9.84. The van der Waals surface area contributed by atoms with E-state index in [1.807, 2.05) is 19.9 Å². The van der Waals surface area contributed by atoms with E-state index in [4.69, 9.17) is 4.74 Å². The van der Waals surface area contributed by atoms with Gasteiger partial charge in [-0.15, -0.1) is 0 Å². The van der Waals surface area contributed by atoms with Crippen LogP contribution in [0.15, 0.2) is 18.3 Å². The normalized spacial score (nSPS) is 13.0. The third kappa shape index (κ3) is 2.42. The highest BCUT2D eigenvalue weighted by Gasteiger charge is 2.11. The Hall–Kier alpha value is -1.09. The topological polar surface area (TPSA) is 42.4 Å². The standard InChI is InChI=1S/C10H15NO2/c1-7(2)10(12)8-4-5-9(13-3)11-6-8/h4-7,10,12H,1-3H3/t10-/m1/s1. The summed E-state index contributed by atoms with van der Waals surface area (Å²) in [6, 6.07) is 3.58. The summed E-state index contributed by atoms with van der Waals surface area (Å²) in [5, 5.41) is 9.68. The molecule has 3 nitrogen and oxygen atoms in total. The van der Waals surface area contributed by atoms with E-state index in [0.717, 1.165) is 5.56 Å². The maximum Gasteiger partial charge on any atom is 0.212 e. The number of ether oxygens (including phenoxy) is 1. The number of nitrogens with zero attached hydrogens (tertiary/aromatic N) is 1. The molecular formula is C10H15NO2. The Labute approximate surface area is 78.4 Å². The van der Waals surface area contributed by atoms with Gasteiger partial charge < -0.3 is 9.84 Å². The second-order valence-electron chi connectivity index (χ2n) is 3.32. The third-order valence-corrected chi connectivity index (χ3v) is 1.94. The average Bonchev–Trinajstić information content (AvgIpc) is 2.17. The minimum absolute atomic E-state index is 0.204. The van der Waals surface area contributed by atoms with E-state index in [1.54, 1.807) is 19.4 Å². The van der Waals surface area contributed by atoms with Crippen molar-refractivity contribution in [2.24, 2.45) is 5.92 Å². The number of aliphatic hydroxyl groups excluding tert-OH is 1. The summed E-state index contributed by atoms with van der Waals surface area (Å²) in [6.07, 6.45) is 1.20. The lowest BCUT2D eigenvalue weighted by Gasteiger charge is -2.14. The summed E-state index contributed by atoms with van der Waals surface area (Å²) < 4.78 is 4.92. The Morgan fingerprint density at radius 3 is 2.46 bits per heavy atom. The van der Waals surface area contributed by atoms with E-state index in [2.05, 4.69) is 4.98 Å². The number of rotatable bonds is 3. The molecule has 0 aromatic carbocycles. The van der Waals surface area contributed by atoms with Gasteiger partial charge in [0.15, 0.2) is 0 Å². The quantitative estimate of drug-likeness (QED) is 0.772. The Morgan fingerprint density at radius 2 is 2.08 bits per heavy atom. The summed E-state index contributed by atoms with van der Waals surface area (Å²) >= 11 is 0. The second kappa shape index (κ2) is 4.23. The number of hydrogen-bond donors (Lipinski definition) is 1. The van der Waals surface area contributed by atoms with Crippen molar-refractivity contribution in [3.05, 3.63) is 23.9 Å². The second-order valence-corrected chi connectivity index (χ2v) is 3.32. The van der Waals surface area contributed by atoms with E-state index >= 15 is 0 Å². The highest BCUT2D eigenvalue weighted by atomic mass is 16.5. The highest BCUT2D eigenvalue weighted by molar-refractivity contribution is 5.19. The van der Waals surface area contributed by atoms with Gasteiger partial charge in [0, 0.05) is 12.3 Å². The van der Waals surface area contributed by atoms with Gasteiger partial charge >= 0.3 is 0 Å². The number of hydrogen-bond acceptors (Lipinski definition) is 3. The molecule has 1 rings (SSSR count). The summed E-state index contributed by atoms with van der Waals surface area (Å²) in [5.74, 6) is 0.773. The van der Waals surface area contributed by atoms with Crippen molar-refractivity contribution in [2.45, 2.75) is 20.0 Å². The summed E-state index contributed by atoms with van der Waals surface area (Å²) in [7, 11) is 1.57. The zero-order valence-electron chi connectivity index (χ0n) is 8.19. The third-order valence-electron chi connectivity index (χ3n) is 1.94. The Bertz CT molecular complexity index is 256. The smallest absolute Gasteiger partial charge is 0.212 e. The lowest BCUT2D eigenvalue weighted by Crippen LogP contribution is -2.05. The van der Waals surface area contributed by atoms with Crippen LogP contribution in [0.3, 0.4) is 0 Å². The fourth-order valence-corrected chi connectivity index (χ4v) is 1.07. The Morgan fingerprint density at radius 1 is 1.38 bits per heavy atom. The maximum absolute atomic E-state index is 9.68. The summed E-state index contributed by atoms with van der Waals surface area (Å²) in [4.78, 5) is 4.02. The number of aromatic nitrogens is 1. The first-order chi connectivity index (χ1) is 6.15. The first-order valence-corrected chi connectivity index (χ1v) is 4.33. The van der Waals surface area contributed by atoms with Crippen molar-refractivity contribution in [1.29, 1.82) is 0 Å². The Kier molecular flexibility index (Phi) is 3.25. The van der Waals surface area contributed by atoms with Gasteiger partial charge in [0.2, 0.25) is 5.88 Å². The predicted octanol–water partition coefficient (Wildman–Crippen LogP) is 1.78. The zero-order valence-corrected chi connectivity index (χ0v) is 8.19. The first kappa shape index (κ1) is 9.99. The minimum atomic E-state index is -0.446. The number of pyridine rings is 1. The fourth-order valence-electron chi connectivity index (χ4n) is 1.07. The van der Waals surface area contributed by atoms with Crippen LogP contribution >= 0.6 is 0 Å². The van der Waals surface area contributed by atoms with Crippen molar-refractivity contribution >= 4 is 0 Å². The van der Waals surface area contributed by atoms with Crippen molar-refractivity contribution in [2.75, 3.05) is 7.11 Å². The molecule has 72 valence electrons. The van der Waals surface area contributed by atoms with E-state index in [1.165, 1.54) is 0 Å². The largest absolute Gasteiger partial charge is 0.481 e. The van der Waals surface area contributed by atoms with Gasteiger partial charge in [-0.1, -0.05) is 13.8 Å². The van der Waals surface area contributed by atoms with E-state index in [-0.39, 0.29) is 5.92 Å². The molecule has 0 fully saturated rings. The molecule has 0 saturated carbocycles. The molecule has 0 aliphatic heterocycles. The lowest BCUT2D eigenvalue weighted by molar-refractivity contribution is 0.126. The van der Waals surface area contributed by atoms with Crippen molar-refractivity contribution in [3.8, 4) is 5.88 Å². The van der Waals surface area contributed by atoms with Crippen LogP contribution in [0.2, 0.25) is 0 Å². The molecule has 0 amide bonds. The molecule has 1 heterocycles. The van der Waals surface area contributed by atoms with Crippen molar-refractivity contribution < 1.29 is 9.84 Å². The molecule has 0 aliphatic carbocycles. The van der Waals surface area contributed by atoms with Crippen LogP contribution in [-0.2, 0) is 0 Å². The number of aliphatic hydroxyl groups is 1. The SMILES string of the molecule is COc1ccc([C@H](O)C(C)C)cn1. The first-order valence-electron chi connectivity index (χ1n) is 4.33. The van der Waals surface area contributed by atoms with Crippen LogP contribution in [0.5, 0.6) is 5.88 Å². The monoisotopic (exact) mass is 181 g/mol. The minimum Gasteiger partial charge on any atom is -0.481 e. The van der Waals surface area contributed by atoms with Crippen molar-refractivity contribution in [1.82, 2.24) is 4.98 Å². The molecule has 13 heavy (non-hydrogen) atoms. The molecule has 1 aromatic heterocycles. The summed E-state index contributed by atoms with van der Waals surface area (Å²) in [6.45, 7) is 3.93. The van der Waals surface area contributed by atoms with E-state index in [9.17, 15) is 5.11 Å². The Balaban J connectivity index is 2.79. The molecular weight excluding hydrogens is 166 g/mol. The van der Waals surface area contributed by atoms with Gasteiger partial charge in [0.25, 0.3) is 0 Å². The van der Waals surface area contributed by atoms with Gasteiger partial charge in [-0.2, -0.15) is 0 Å². The van der Waals surface area contributed by atoms with Gasteiger partial charge in [-0.05, 0) is 17.5 Å². The molecule has 1 N–H and O–H groups in total. The van der Waals surface area contributed by atoms with Crippen LogP contribution in [0, 0.1) is 5.92 Å². The van der Waals surface area contributed by atoms with Crippen LogP contribution < -0.4 is 4.74 Å². The van der Waals surface area contributed by atoms with E-state index in [0.29, 0.717) is 5.88 Å². The van der Waals surface area contributed by atoms with Crippen LogP contribution in [0.1, 0.15) is 25.5 Å². The van der Waals surface area contributed by atoms with Gasteiger partial charge in [-0.3, -0.25) is 0 Å². The molecule has 1 atom stereocenters.